The molecule has 0 aromatic heterocycles. The monoisotopic (exact) mass is 266 g/mol. The molecule has 2 unspecified atom stereocenters. The largest absolute Gasteiger partial charge is 0.496 e. The van der Waals surface area contributed by atoms with E-state index in [2.05, 4.69) is 19.2 Å². The molecule has 1 N–H and O–H groups in total. The molecule has 0 radical (unpaired) electrons. The highest BCUT2D eigenvalue weighted by Crippen LogP contribution is 2.25. The second-order valence-corrected chi connectivity index (χ2v) is 4.75. The maximum Gasteiger partial charge on any atom is 0.273 e. The molecule has 0 aliphatic carbocycles. The van der Waals surface area contributed by atoms with Crippen LogP contribution in [0.3, 0.4) is 0 Å². The summed E-state index contributed by atoms with van der Waals surface area (Å²) >= 11 is 0. The van der Waals surface area contributed by atoms with Gasteiger partial charge < -0.3 is 10.1 Å². The van der Waals surface area contributed by atoms with Crippen molar-refractivity contribution >= 4 is 5.69 Å². The summed E-state index contributed by atoms with van der Waals surface area (Å²) in [5.41, 5.74) is 1.03. The van der Waals surface area contributed by atoms with Gasteiger partial charge in [0, 0.05) is 12.1 Å². The predicted octanol–water partition coefficient (Wildman–Crippen LogP) is 2.78. The number of nitrogens with one attached hydrogen (secondary N) is 1. The summed E-state index contributed by atoms with van der Waals surface area (Å²) in [5, 5.41) is 14.1. The summed E-state index contributed by atoms with van der Waals surface area (Å²) in [4.78, 5) is 10.5. The molecule has 0 fully saturated rings. The smallest absolute Gasteiger partial charge is 0.273 e. The molecule has 0 saturated heterocycles. The van der Waals surface area contributed by atoms with Gasteiger partial charge in [-0.05, 0) is 37.9 Å². The fourth-order valence-corrected chi connectivity index (χ4v) is 2.20. The highest BCUT2D eigenvalue weighted by molar-refractivity contribution is 5.43. The van der Waals surface area contributed by atoms with Crippen LogP contribution in [-0.4, -0.2) is 25.1 Å². The lowest BCUT2D eigenvalue weighted by atomic mass is 9.90. The predicted molar refractivity (Wildman–Crippen MR) is 75.7 cm³/mol. The molecule has 5 nitrogen and oxygen atoms in total. The third kappa shape index (κ3) is 4.21. The van der Waals surface area contributed by atoms with Crippen LogP contribution in [0.5, 0.6) is 5.75 Å². The fraction of sp³-hybridized carbons (Fsp3) is 0.571. The minimum absolute atomic E-state index is 0.0845. The van der Waals surface area contributed by atoms with Crippen LogP contribution in [0.1, 0.15) is 25.8 Å². The zero-order chi connectivity index (χ0) is 14.4. The molecule has 0 spiro atoms. The van der Waals surface area contributed by atoms with Gasteiger partial charge in [0.25, 0.3) is 5.69 Å². The van der Waals surface area contributed by atoms with Crippen LogP contribution in [-0.2, 0) is 6.42 Å². The summed E-state index contributed by atoms with van der Waals surface area (Å²) in [6.07, 6.45) is 1.82. The summed E-state index contributed by atoms with van der Waals surface area (Å²) in [6.45, 7) is 4.26. The highest BCUT2D eigenvalue weighted by Gasteiger charge is 2.17. The van der Waals surface area contributed by atoms with Gasteiger partial charge in [0.2, 0.25) is 0 Å². The normalized spacial score (nSPS) is 13.9. The lowest BCUT2D eigenvalue weighted by molar-refractivity contribution is -0.385. The Morgan fingerprint density at radius 1 is 1.42 bits per heavy atom. The van der Waals surface area contributed by atoms with Gasteiger partial charge in [0.05, 0.1) is 18.1 Å². The molecule has 0 heterocycles. The molecule has 0 amide bonds. The minimum Gasteiger partial charge on any atom is -0.496 e. The van der Waals surface area contributed by atoms with Crippen molar-refractivity contribution < 1.29 is 9.66 Å². The van der Waals surface area contributed by atoms with Crippen LogP contribution in [0.25, 0.3) is 0 Å². The molecule has 1 aromatic carbocycles. The molecule has 2 atom stereocenters. The minimum atomic E-state index is -0.380. The molecule has 0 saturated carbocycles. The number of nitrogens with zero attached hydrogens (tertiary/aromatic N) is 1. The first-order valence-corrected chi connectivity index (χ1v) is 6.51. The van der Waals surface area contributed by atoms with Gasteiger partial charge in [-0.1, -0.05) is 13.3 Å². The van der Waals surface area contributed by atoms with Crippen LogP contribution in [0, 0.1) is 16.0 Å². The number of nitro groups is 1. The summed E-state index contributed by atoms with van der Waals surface area (Å²) in [5.74, 6) is 0.980. The third-order valence-corrected chi connectivity index (χ3v) is 3.58. The average molecular weight is 266 g/mol. The van der Waals surface area contributed by atoms with Crippen LogP contribution >= 0.6 is 0 Å². The van der Waals surface area contributed by atoms with Crippen molar-refractivity contribution in [2.75, 3.05) is 14.2 Å². The van der Waals surface area contributed by atoms with Gasteiger partial charge >= 0.3 is 0 Å². The van der Waals surface area contributed by atoms with Crippen LogP contribution in [0.15, 0.2) is 18.2 Å². The van der Waals surface area contributed by atoms with E-state index in [9.17, 15) is 10.1 Å². The number of benzene rings is 1. The van der Waals surface area contributed by atoms with Crippen molar-refractivity contribution in [2.45, 2.75) is 32.7 Å². The summed E-state index contributed by atoms with van der Waals surface area (Å²) in [6, 6.07) is 5.33. The van der Waals surface area contributed by atoms with E-state index in [1.165, 1.54) is 13.2 Å². The Morgan fingerprint density at radius 3 is 2.58 bits per heavy atom. The Bertz CT molecular complexity index is 435. The third-order valence-electron chi connectivity index (χ3n) is 3.58. The van der Waals surface area contributed by atoms with E-state index in [4.69, 9.17) is 4.74 Å². The Balaban J connectivity index is 2.98. The zero-order valence-electron chi connectivity index (χ0n) is 12.0. The number of ether oxygens (including phenoxy) is 1. The highest BCUT2D eigenvalue weighted by atomic mass is 16.6. The van der Waals surface area contributed by atoms with Crippen molar-refractivity contribution in [2.24, 2.45) is 5.92 Å². The second-order valence-electron chi connectivity index (χ2n) is 4.75. The van der Waals surface area contributed by atoms with Crippen molar-refractivity contribution in [1.82, 2.24) is 5.32 Å². The first-order valence-electron chi connectivity index (χ1n) is 6.51. The number of nitro benzene ring substituents is 1. The average Bonchev–Trinajstić information content (AvgIpc) is 2.43. The molecule has 0 bridgehead atoms. The van der Waals surface area contributed by atoms with Gasteiger partial charge in [-0.2, -0.15) is 0 Å². The van der Waals surface area contributed by atoms with Crippen molar-refractivity contribution in [3.05, 3.63) is 33.9 Å². The van der Waals surface area contributed by atoms with Crippen LogP contribution in [0.4, 0.5) is 5.69 Å². The number of hydrogen-bond acceptors (Lipinski definition) is 4. The SMILES string of the molecule is CCC(Cc1cc(OC)cc([N+](=O)[O-])c1)C(C)NC. The number of non-ortho nitro benzene ring substituents is 1. The first-order chi connectivity index (χ1) is 9.01. The van der Waals surface area contributed by atoms with E-state index < -0.39 is 0 Å². The van der Waals surface area contributed by atoms with Gasteiger partial charge in [0.15, 0.2) is 0 Å². The second kappa shape index (κ2) is 7.09. The van der Waals surface area contributed by atoms with Gasteiger partial charge in [-0.15, -0.1) is 0 Å². The number of rotatable bonds is 7. The van der Waals surface area contributed by atoms with Gasteiger partial charge in [-0.3, -0.25) is 10.1 Å². The van der Waals surface area contributed by atoms with E-state index >= 15 is 0 Å². The molecule has 106 valence electrons. The van der Waals surface area contributed by atoms with Crippen LogP contribution in [0.2, 0.25) is 0 Å². The van der Waals surface area contributed by atoms with Gasteiger partial charge in [0.1, 0.15) is 5.75 Å². The van der Waals surface area contributed by atoms with E-state index in [-0.39, 0.29) is 10.6 Å². The molecule has 0 aliphatic heterocycles. The fourth-order valence-electron chi connectivity index (χ4n) is 2.20. The standard InChI is InChI=1S/C14H22N2O3/c1-5-12(10(2)15-3)6-11-7-13(16(17)18)9-14(8-11)19-4/h7-10,12,15H,5-6H2,1-4H3. The van der Waals surface area contributed by atoms with E-state index in [0.717, 1.165) is 18.4 Å². The molecule has 1 aromatic rings. The van der Waals surface area contributed by atoms with Crippen molar-refractivity contribution in [1.29, 1.82) is 0 Å². The molecule has 1 rings (SSSR count). The molecule has 19 heavy (non-hydrogen) atoms. The number of methoxy groups -OCH3 is 1. The molecular formula is C14H22N2O3. The maximum absolute atomic E-state index is 10.9. The Kier molecular flexibility index (Phi) is 5.76. The van der Waals surface area contributed by atoms with Crippen molar-refractivity contribution in [3.63, 3.8) is 0 Å². The van der Waals surface area contributed by atoms with Crippen LogP contribution < -0.4 is 10.1 Å². The lowest BCUT2D eigenvalue weighted by Gasteiger charge is -2.22. The Morgan fingerprint density at radius 2 is 2.11 bits per heavy atom. The molecule has 0 aliphatic rings. The summed E-state index contributed by atoms with van der Waals surface area (Å²) < 4.78 is 5.13. The van der Waals surface area contributed by atoms with E-state index in [1.54, 1.807) is 6.07 Å². The molecular weight excluding hydrogens is 244 g/mol. The lowest BCUT2D eigenvalue weighted by Crippen LogP contribution is -2.31. The summed E-state index contributed by atoms with van der Waals surface area (Å²) in [7, 11) is 3.46. The number of hydrogen-bond donors (Lipinski definition) is 1. The van der Waals surface area contributed by atoms with Gasteiger partial charge in [-0.25, -0.2) is 0 Å². The quantitative estimate of drug-likeness (QED) is 0.609. The first kappa shape index (κ1) is 15.4. The zero-order valence-corrected chi connectivity index (χ0v) is 12.0. The maximum atomic E-state index is 10.9. The van der Waals surface area contributed by atoms with Crippen molar-refractivity contribution in [3.8, 4) is 5.75 Å². The van der Waals surface area contributed by atoms with E-state index in [1.807, 2.05) is 13.1 Å². The Labute approximate surface area is 114 Å². The Hall–Kier alpha value is -1.62. The van der Waals surface area contributed by atoms with E-state index in [0.29, 0.717) is 17.7 Å². The molecule has 5 heteroatoms. The topological polar surface area (TPSA) is 64.4 Å².